The van der Waals surface area contributed by atoms with Gasteiger partial charge >= 0.3 is 5.97 Å². The van der Waals surface area contributed by atoms with E-state index < -0.39 is 12.0 Å². The van der Waals surface area contributed by atoms with Gasteiger partial charge in [0.15, 0.2) is 4.80 Å². The fourth-order valence-electron chi connectivity index (χ4n) is 3.76. The molecule has 0 amide bonds. The summed E-state index contributed by atoms with van der Waals surface area (Å²) in [5, 5.41) is 0. The summed E-state index contributed by atoms with van der Waals surface area (Å²) in [4.78, 5) is 33.5. The molecule has 6 nitrogen and oxygen atoms in total. The molecule has 1 aromatic heterocycles. The van der Waals surface area contributed by atoms with Crippen molar-refractivity contribution in [1.82, 2.24) is 4.57 Å². The summed E-state index contributed by atoms with van der Waals surface area (Å²) >= 11 is 1.33. The van der Waals surface area contributed by atoms with Gasteiger partial charge in [0.1, 0.15) is 0 Å². The van der Waals surface area contributed by atoms with Crippen molar-refractivity contribution in [2.75, 3.05) is 25.6 Å². The number of anilines is 1. The summed E-state index contributed by atoms with van der Waals surface area (Å²) in [7, 11) is 3.97. The van der Waals surface area contributed by atoms with Gasteiger partial charge in [0.2, 0.25) is 0 Å². The molecule has 0 bridgehead atoms. The van der Waals surface area contributed by atoms with Gasteiger partial charge in [0, 0.05) is 19.8 Å². The van der Waals surface area contributed by atoms with Crippen molar-refractivity contribution in [3.8, 4) is 0 Å². The third kappa shape index (κ3) is 4.03. The first-order chi connectivity index (χ1) is 15.4. The first-order valence-corrected chi connectivity index (χ1v) is 11.2. The number of esters is 1. The minimum atomic E-state index is -0.579. The highest BCUT2D eigenvalue weighted by Gasteiger charge is 2.33. The van der Waals surface area contributed by atoms with Gasteiger partial charge in [-0.05, 0) is 43.2 Å². The zero-order chi connectivity index (χ0) is 22.8. The molecule has 1 unspecified atom stereocenters. The number of nitrogens with zero attached hydrogens (tertiary/aromatic N) is 3. The Balaban J connectivity index is 1.89. The number of hydrogen-bond donors (Lipinski definition) is 0. The maximum atomic E-state index is 13.5. The fraction of sp³-hybridized carbons (Fsp3) is 0.240. The lowest BCUT2D eigenvalue weighted by Gasteiger charge is -2.24. The van der Waals surface area contributed by atoms with E-state index in [9.17, 15) is 9.59 Å². The van der Waals surface area contributed by atoms with Crippen molar-refractivity contribution in [3.63, 3.8) is 0 Å². The number of hydrogen-bond acceptors (Lipinski definition) is 6. The third-order valence-electron chi connectivity index (χ3n) is 5.34. The predicted octanol–water partition coefficient (Wildman–Crippen LogP) is 2.86. The number of benzene rings is 2. The van der Waals surface area contributed by atoms with E-state index in [2.05, 4.69) is 4.99 Å². The normalized spacial score (nSPS) is 15.9. The van der Waals surface area contributed by atoms with Gasteiger partial charge < -0.3 is 9.64 Å². The quantitative estimate of drug-likeness (QED) is 0.565. The molecule has 4 rings (SSSR count). The van der Waals surface area contributed by atoms with Gasteiger partial charge in [0.25, 0.3) is 5.56 Å². The van der Waals surface area contributed by atoms with Crippen molar-refractivity contribution in [2.45, 2.75) is 19.9 Å². The van der Waals surface area contributed by atoms with E-state index in [0.29, 0.717) is 20.6 Å². The van der Waals surface area contributed by atoms with E-state index in [1.54, 1.807) is 18.4 Å². The number of carbonyl (C=O) groups excluding carboxylic acids is 1. The molecule has 1 aliphatic rings. The van der Waals surface area contributed by atoms with E-state index in [4.69, 9.17) is 4.74 Å². The van der Waals surface area contributed by atoms with Gasteiger partial charge in [-0.1, -0.05) is 53.8 Å². The molecule has 0 fully saturated rings. The first-order valence-electron chi connectivity index (χ1n) is 10.4. The van der Waals surface area contributed by atoms with Crippen molar-refractivity contribution < 1.29 is 9.53 Å². The van der Waals surface area contributed by atoms with Crippen LogP contribution in [0.3, 0.4) is 0 Å². The Hall–Kier alpha value is -3.45. The monoisotopic (exact) mass is 447 g/mol. The van der Waals surface area contributed by atoms with Crippen LogP contribution in [0.15, 0.2) is 75.7 Å². The van der Waals surface area contributed by atoms with E-state index in [0.717, 1.165) is 16.8 Å². The second kappa shape index (κ2) is 8.96. The van der Waals surface area contributed by atoms with Gasteiger partial charge in [-0.3, -0.25) is 9.36 Å². The number of aromatic nitrogens is 1. The fourth-order valence-corrected chi connectivity index (χ4v) is 4.81. The number of rotatable bonds is 5. The minimum absolute atomic E-state index is 0.173. The summed E-state index contributed by atoms with van der Waals surface area (Å²) in [5.41, 5.74) is 3.65. The van der Waals surface area contributed by atoms with Crippen LogP contribution in [0.5, 0.6) is 0 Å². The smallest absolute Gasteiger partial charge is 0.338 e. The van der Waals surface area contributed by atoms with Crippen molar-refractivity contribution >= 4 is 29.1 Å². The number of allylic oxidation sites excluding steroid dienone is 1. The molecule has 0 aliphatic carbocycles. The number of fused-ring (bicyclic) bond motifs is 1. The summed E-state index contributed by atoms with van der Waals surface area (Å²) < 4.78 is 7.49. The highest BCUT2D eigenvalue weighted by atomic mass is 32.1. The van der Waals surface area contributed by atoms with Gasteiger partial charge in [0.05, 0.1) is 28.5 Å². The maximum absolute atomic E-state index is 13.5. The van der Waals surface area contributed by atoms with Crippen LogP contribution in [0.1, 0.15) is 31.0 Å². The lowest BCUT2D eigenvalue weighted by Crippen LogP contribution is -2.39. The Labute approximate surface area is 190 Å². The van der Waals surface area contributed by atoms with Crippen LogP contribution < -0.4 is 19.8 Å². The topological polar surface area (TPSA) is 63.9 Å². The molecule has 164 valence electrons. The molecule has 2 heterocycles. The predicted molar refractivity (Wildman–Crippen MR) is 128 cm³/mol. The molecular weight excluding hydrogens is 422 g/mol. The molecule has 7 heteroatoms. The SMILES string of the molecule is CCOC(=O)C1=C(C)N=c2s/c(=C/c3ccc(N(C)C)cc3)c(=O)n2C1c1ccccc1. The van der Waals surface area contributed by atoms with Gasteiger partial charge in [-0.25, -0.2) is 9.79 Å². The highest BCUT2D eigenvalue weighted by Crippen LogP contribution is 2.30. The van der Waals surface area contributed by atoms with E-state index in [-0.39, 0.29) is 12.2 Å². The second-order valence-electron chi connectivity index (χ2n) is 7.70. The number of ether oxygens (including phenoxy) is 1. The first kappa shape index (κ1) is 21.8. The Morgan fingerprint density at radius 1 is 1.16 bits per heavy atom. The van der Waals surface area contributed by atoms with Crippen molar-refractivity contribution in [2.24, 2.45) is 4.99 Å². The molecule has 0 radical (unpaired) electrons. The van der Waals surface area contributed by atoms with E-state index >= 15 is 0 Å². The number of carbonyl (C=O) groups is 1. The minimum Gasteiger partial charge on any atom is -0.463 e. The van der Waals surface area contributed by atoms with Crippen molar-refractivity contribution in [1.29, 1.82) is 0 Å². The van der Waals surface area contributed by atoms with E-state index in [1.165, 1.54) is 11.3 Å². The summed E-state index contributed by atoms with van der Waals surface area (Å²) in [5.74, 6) is -0.448. The standard InChI is InChI=1S/C25H25N3O3S/c1-5-31-24(30)21-16(2)26-25-28(22(21)18-9-7-6-8-10-18)23(29)20(32-25)15-17-11-13-19(14-12-17)27(3)4/h6-15,22H,5H2,1-4H3/b20-15+. The molecular formula is C25H25N3O3S. The van der Waals surface area contributed by atoms with Gasteiger partial charge in [-0.15, -0.1) is 0 Å². The largest absolute Gasteiger partial charge is 0.463 e. The van der Waals surface area contributed by atoms with Crippen LogP contribution in [-0.4, -0.2) is 31.2 Å². The van der Waals surface area contributed by atoms with Crippen LogP contribution in [0, 0.1) is 0 Å². The average molecular weight is 448 g/mol. The highest BCUT2D eigenvalue weighted by molar-refractivity contribution is 7.07. The number of thiazole rings is 1. The maximum Gasteiger partial charge on any atom is 0.338 e. The lowest BCUT2D eigenvalue weighted by atomic mass is 9.96. The molecule has 0 saturated heterocycles. The van der Waals surface area contributed by atoms with Crippen molar-refractivity contribution in [3.05, 3.63) is 96.7 Å². The Kier molecular flexibility index (Phi) is 6.10. The lowest BCUT2D eigenvalue weighted by molar-refractivity contribution is -0.139. The molecule has 1 aliphatic heterocycles. The molecule has 0 saturated carbocycles. The van der Waals surface area contributed by atoms with Crippen LogP contribution in [0.25, 0.3) is 6.08 Å². The van der Waals surface area contributed by atoms with E-state index in [1.807, 2.05) is 79.7 Å². The van der Waals surface area contributed by atoms with Gasteiger partial charge in [-0.2, -0.15) is 0 Å². The summed E-state index contributed by atoms with van der Waals surface area (Å²) in [6.07, 6.45) is 1.87. The Morgan fingerprint density at radius 2 is 1.84 bits per heavy atom. The molecule has 0 spiro atoms. The third-order valence-corrected chi connectivity index (χ3v) is 6.32. The van der Waals surface area contributed by atoms with Crippen LogP contribution in [0.4, 0.5) is 5.69 Å². The molecule has 32 heavy (non-hydrogen) atoms. The molecule has 2 aromatic carbocycles. The zero-order valence-corrected chi connectivity index (χ0v) is 19.3. The Bertz CT molecular complexity index is 1350. The zero-order valence-electron chi connectivity index (χ0n) is 18.5. The van der Waals surface area contributed by atoms with Crippen LogP contribution in [0.2, 0.25) is 0 Å². The molecule has 0 N–H and O–H groups in total. The van der Waals surface area contributed by atoms with Crippen LogP contribution in [-0.2, 0) is 9.53 Å². The second-order valence-corrected chi connectivity index (χ2v) is 8.71. The summed E-state index contributed by atoms with van der Waals surface area (Å²) in [6, 6.07) is 17.0. The molecule has 1 atom stereocenters. The van der Waals surface area contributed by atoms with Crippen LogP contribution >= 0.6 is 11.3 Å². The summed E-state index contributed by atoms with van der Waals surface area (Å²) in [6.45, 7) is 3.81. The Morgan fingerprint density at radius 3 is 2.47 bits per heavy atom. The average Bonchev–Trinajstić information content (AvgIpc) is 3.08. The molecule has 3 aromatic rings.